The van der Waals surface area contributed by atoms with Gasteiger partial charge < -0.3 is 0 Å². The molecule has 114 valence electrons. The molecule has 0 bridgehead atoms. The number of nitrogens with one attached hydrogen (secondary N) is 1. The minimum atomic E-state index is -4.14. The van der Waals surface area contributed by atoms with Crippen LogP contribution in [-0.2, 0) is 7.05 Å². The van der Waals surface area contributed by atoms with Crippen molar-refractivity contribution in [3.8, 4) is 0 Å². The molecule has 3 atom stereocenters. The molecule has 4 nitrogen and oxygen atoms in total. The molecule has 0 aliphatic heterocycles. The fourth-order valence-corrected chi connectivity index (χ4v) is 3.32. The molecule has 0 saturated heterocycles. The van der Waals surface area contributed by atoms with Gasteiger partial charge in [-0.25, -0.2) is 0 Å². The van der Waals surface area contributed by atoms with Crippen LogP contribution in [0, 0.1) is 11.8 Å². The van der Waals surface area contributed by atoms with Crippen LogP contribution in [0.5, 0.6) is 0 Å². The summed E-state index contributed by atoms with van der Waals surface area (Å²) in [4.78, 5) is 0. The van der Waals surface area contributed by atoms with Crippen LogP contribution in [0.2, 0.25) is 5.02 Å². The summed E-state index contributed by atoms with van der Waals surface area (Å²) in [5, 5.41) is 4.44. The lowest BCUT2D eigenvalue weighted by Gasteiger charge is -2.35. The van der Waals surface area contributed by atoms with Gasteiger partial charge in [-0.1, -0.05) is 18.0 Å². The number of hydrogen-bond donors (Lipinski definition) is 2. The minimum Gasteiger partial charge on any atom is -0.271 e. The molecule has 8 heteroatoms. The summed E-state index contributed by atoms with van der Waals surface area (Å²) in [5.41, 5.74) is 3.26. The summed E-state index contributed by atoms with van der Waals surface area (Å²) in [5.74, 6) is 4.10. The predicted octanol–water partition coefficient (Wildman–Crippen LogP) is 2.95. The Hall–Kier alpha value is -0.790. The molecule has 1 aliphatic carbocycles. The Morgan fingerprint density at radius 3 is 2.70 bits per heavy atom. The van der Waals surface area contributed by atoms with E-state index in [0.717, 1.165) is 0 Å². The van der Waals surface area contributed by atoms with Crippen molar-refractivity contribution >= 4 is 11.6 Å². The van der Waals surface area contributed by atoms with Crippen LogP contribution in [0.15, 0.2) is 6.20 Å². The third-order valence-corrected chi connectivity index (χ3v) is 4.35. The first-order chi connectivity index (χ1) is 9.34. The van der Waals surface area contributed by atoms with E-state index < -0.39 is 18.1 Å². The van der Waals surface area contributed by atoms with Crippen molar-refractivity contribution in [1.82, 2.24) is 15.2 Å². The van der Waals surface area contributed by atoms with Crippen LogP contribution in [0.3, 0.4) is 0 Å². The second-order valence-corrected chi connectivity index (χ2v) is 5.72. The summed E-state index contributed by atoms with van der Waals surface area (Å²) in [6, 6.07) is -0.417. The van der Waals surface area contributed by atoms with Crippen LogP contribution in [0.25, 0.3) is 0 Å². The van der Waals surface area contributed by atoms with Crippen molar-refractivity contribution in [3.05, 3.63) is 16.9 Å². The fraction of sp³-hybridized carbons (Fsp3) is 0.750. The van der Waals surface area contributed by atoms with Crippen LogP contribution < -0.4 is 11.3 Å². The van der Waals surface area contributed by atoms with Crippen LogP contribution >= 0.6 is 11.6 Å². The number of nitrogens with zero attached hydrogens (tertiary/aromatic N) is 2. The number of halogens is 4. The Bertz CT molecular complexity index is 441. The van der Waals surface area contributed by atoms with Gasteiger partial charge in [-0.05, 0) is 25.2 Å². The van der Waals surface area contributed by atoms with Gasteiger partial charge in [-0.2, -0.15) is 18.3 Å². The molecule has 1 aromatic rings. The van der Waals surface area contributed by atoms with Crippen LogP contribution in [0.1, 0.15) is 37.4 Å². The molecule has 1 fully saturated rings. The Labute approximate surface area is 120 Å². The maximum Gasteiger partial charge on any atom is 0.391 e. The molecular weight excluding hydrogens is 293 g/mol. The minimum absolute atomic E-state index is 0.0693. The second kappa shape index (κ2) is 5.91. The summed E-state index contributed by atoms with van der Waals surface area (Å²) in [6.07, 6.45) is -1.17. The van der Waals surface area contributed by atoms with Crippen LogP contribution in [0.4, 0.5) is 13.2 Å². The van der Waals surface area contributed by atoms with E-state index in [1.54, 1.807) is 11.7 Å². The third kappa shape index (κ3) is 3.10. The smallest absolute Gasteiger partial charge is 0.271 e. The number of nitrogens with two attached hydrogens (primary N) is 1. The van der Waals surface area contributed by atoms with Crippen LogP contribution in [-0.4, -0.2) is 16.0 Å². The van der Waals surface area contributed by atoms with Gasteiger partial charge in [-0.15, -0.1) is 0 Å². The first-order valence-electron chi connectivity index (χ1n) is 6.54. The van der Waals surface area contributed by atoms with Gasteiger partial charge in [0, 0.05) is 7.05 Å². The Balaban J connectivity index is 2.20. The van der Waals surface area contributed by atoms with Crippen molar-refractivity contribution in [2.24, 2.45) is 24.7 Å². The summed E-state index contributed by atoms with van der Waals surface area (Å²) >= 11 is 6.06. The molecule has 1 aliphatic rings. The quantitative estimate of drug-likeness (QED) is 0.666. The second-order valence-electron chi connectivity index (χ2n) is 5.31. The summed E-state index contributed by atoms with van der Waals surface area (Å²) in [7, 11) is 1.70. The van der Waals surface area contributed by atoms with Gasteiger partial charge in [0.1, 0.15) is 0 Å². The molecule has 3 N–H and O–H groups in total. The number of aryl methyl sites for hydroxylation is 1. The summed E-state index contributed by atoms with van der Waals surface area (Å²) in [6.45, 7) is 0. The number of hydrazine groups is 1. The molecular formula is C12H18ClF3N4. The Morgan fingerprint density at radius 2 is 2.20 bits per heavy atom. The highest BCUT2D eigenvalue weighted by molar-refractivity contribution is 6.31. The lowest BCUT2D eigenvalue weighted by atomic mass is 9.77. The van der Waals surface area contributed by atoms with Gasteiger partial charge >= 0.3 is 6.18 Å². The monoisotopic (exact) mass is 310 g/mol. The van der Waals surface area contributed by atoms with E-state index >= 15 is 0 Å². The van der Waals surface area contributed by atoms with E-state index in [4.69, 9.17) is 17.4 Å². The molecule has 2 rings (SSSR count). The average molecular weight is 311 g/mol. The maximum absolute atomic E-state index is 12.9. The molecule has 20 heavy (non-hydrogen) atoms. The van der Waals surface area contributed by atoms with Gasteiger partial charge in [-0.3, -0.25) is 16.0 Å². The van der Waals surface area contributed by atoms with E-state index in [-0.39, 0.29) is 18.8 Å². The van der Waals surface area contributed by atoms with Gasteiger partial charge in [0.15, 0.2) is 0 Å². The highest BCUT2D eigenvalue weighted by atomic mass is 35.5. The van der Waals surface area contributed by atoms with Crippen molar-refractivity contribution in [2.45, 2.75) is 37.9 Å². The molecule has 0 radical (unpaired) electrons. The van der Waals surface area contributed by atoms with Crippen molar-refractivity contribution in [3.63, 3.8) is 0 Å². The summed E-state index contributed by atoms with van der Waals surface area (Å²) < 4.78 is 40.2. The topological polar surface area (TPSA) is 55.9 Å². The van der Waals surface area contributed by atoms with E-state index in [0.29, 0.717) is 23.6 Å². The third-order valence-electron chi connectivity index (χ3n) is 4.06. The predicted molar refractivity (Wildman–Crippen MR) is 69.8 cm³/mol. The molecule has 0 amide bonds. The Kier molecular flexibility index (Phi) is 4.61. The largest absolute Gasteiger partial charge is 0.391 e. The zero-order chi connectivity index (χ0) is 14.9. The van der Waals surface area contributed by atoms with Gasteiger partial charge in [0.2, 0.25) is 0 Å². The molecule has 1 heterocycles. The number of hydrogen-bond acceptors (Lipinski definition) is 3. The maximum atomic E-state index is 12.9. The number of rotatable bonds is 3. The number of aromatic nitrogens is 2. The first-order valence-corrected chi connectivity index (χ1v) is 6.92. The molecule has 1 aromatic heterocycles. The van der Waals surface area contributed by atoms with Crippen molar-refractivity contribution in [2.75, 3.05) is 0 Å². The molecule has 0 spiro atoms. The van der Waals surface area contributed by atoms with Gasteiger partial charge in [0.25, 0.3) is 0 Å². The van der Waals surface area contributed by atoms with Gasteiger partial charge in [0.05, 0.1) is 28.9 Å². The first kappa shape index (κ1) is 15.6. The molecule has 1 saturated carbocycles. The number of alkyl halides is 3. The average Bonchev–Trinajstić information content (AvgIpc) is 2.71. The van der Waals surface area contributed by atoms with E-state index in [2.05, 4.69) is 10.5 Å². The lowest BCUT2D eigenvalue weighted by molar-refractivity contribution is -0.186. The standard InChI is InChI=1S/C12H18ClF3N4/c1-20-11(9(13)6-18-20)10(19-17)7-3-2-4-8(5-7)12(14,15)16/h6-8,10,19H,2-5,17H2,1H3. The normalized spacial score (nSPS) is 25.7. The van der Waals surface area contributed by atoms with E-state index in [9.17, 15) is 13.2 Å². The van der Waals surface area contributed by atoms with E-state index in [1.807, 2.05) is 0 Å². The molecule has 3 unspecified atom stereocenters. The Morgan fingerprint density at radius 1 is 1.50 bits per heavy atom. The molecule has 0 aromatic carbocycles. The highest BCUT2D eigenvalue weighted by Gasteiger charge is 2.44. The zero-order valence-electron chi connectivity index (χ0n) is 11.1. The SMILES string of the molecule is Cn1ncc(Cl)c1C(NN)C1CCCC(C(F)(F)F)C1. The highest BCUT2D eigenvalue weighted by Crippen LogP contribution is 2.44. The van der Waals surface area contributed by atoms with Crippen molar-refractivity contribution in [1.29, 1.82) is 0 Å². The van der Waals surface area contributed by atoms with Crippen molar-refractivity contribution < 1.29 is 13.2 Å². The zero-order valence-corrected chi connectivity index (χ0v) is 11.9. The lowest BCUT2D eigenvalue weighted by Crippen LogP contribution is -2.39. The van der Waals surface area contributed by atoms with E-state index in [1.165, 1.54) is 6.20 Å². The fourth-order valence-electron chi connectivity index (χ4n) is 3.04.